The molecule has 1 aromatic carbocycles. The van der Waals surface area contributed by atoms with Crippen LogP contribution in [0, 0.1) is 0 Å². The number of anilines is 1. The number of fused-ring (bicyclic) bond motifs is 1. The van der Waals surface area contributed by atoms with Crippen molar-refractivity contribution in [1.82, 2.24) is 4.57 Å². The van der Waals surface area contributed by atoms with Crippen LogP contribution < -0.4 is 11.5 Å². The van der Waals surface area contributed by atoms with Gasteiger partial charge in [0.25, 0.3) is 0 Å². The second kappa shape index (κ2) is 4.02. The Hall–Kier alpha value is -1.75. The van der Waals surface area contributed by atoms with E-state index in [1.54, 1.807) is 25.1 Å². The molecule has 0 saturated carbocycles. The maximum atomic E-state index is 11.5. The summed E-state index contributed by atoms with van der Waals surface area (Å²) in [6, 6.07) is 5.05. The van der Waals surface area contributed by atoms with Crippen molar-refractivity contribution in [2.45, 2.75) is 26.0 Å². The molecule has 0 spiro atoms. The minimum atomic E-state index is -0.446. The molecule has 2 aromatic rings. The Morgan fingerprint density at radius 2 is 2.31 bits per heavy atom. The number of rotatable bonds is 3. The molecule has 2 rings (SSSR count). The minimum absolute atomic E-state index is 0.416. The van der Waals surface area contributed by atoms with Crippen LogP contribution in [0.25, 0.3) is 11.1 Å². The third-order valence-corrected chi connectivity index (χ3v) is 2.46. The highest BCUT2D eigenvalue weighted by Gasteiger charge is 2.09. The molecule has 0 fully saturated rings. The van der Waals surface area contributed by atoms with Crippen LogP contribution in [-0.2, 0) is 6.54 Å². The van der Waals surface area contributed by atoms with Crippen molar-refractivity contribution >= 4 is 16.8 Å². The van der Waals surface area contributed by atoms with Gasteiger partial charge in [-0.25, -0.2) is 4.79 Å². The number of nitrogen functional groups attached to an aromatic ring is 1. The van der Waals surface area contributed by atoms with E-state index >= 15 is 0 Å². The molecular weight excluding hydrogens is 208 g/mol. The molecule has 0 amide bonds. The third-order valence-electron chi connectivity index (χ3n) is 2.46. The summed E-state index contributed by atoms with van der Waals surface area (Å²) < 4.78 is 6.54. The van der Waals surface area contributed by atoms with Crippen molar-refractivity contribution in [1.29, 1.82) is 0 Å². The second-order valence-corrected chi connectivity index (χ2v) is 3.88. The Balaban J connectivity index is 2.46. The van der Waals surface area contributed by atoms with Gasteiger partial charge in [0.05, 0.1) is 11.6 Å². The van der Waals surface area contributed by atoms with Crippen molar-refractivity contribution in [3.05, 3.63) is 28.7 Å². The van der Waals surface area contributed by atoms with Gasteiger partial charge in [-0.1, -0.05) is 0 Å². The summed E-state index contributed by atoms with van der Waals surface area (Å²) in [7, 11) is 0. The molecule has 5 heteroatoms. The lowest BCUT2D eigenvalue weighted by Gasteiger charge is -2.04. The fourth-order valence-electron chi connectivity index (χ4n) is 1.61. The molecular formula is C11H14N2O3. The fourth-order valence-corrected chi connectivity index (χ4v) is 1.61. The van der Waals surface area contributed by atoms with E-state index in [0.717, 1.165) is 0 Å². The standard InChI is InChI=1S/C11H14N2O3/c1-7(14)4-5-13-9-6-8(12)2-3-10(9)16-11(13)15/h2-3,6-7,14H,4-5,12H2,1H3. The van der Waals surface area contributed by atoms with Crippen LogP contribution >= 0.6 is 0 Å². The zero-order valence-corrected chi connectivity index (χ0v) is 9.01. The number of hydrogen-bond acceptors (Lipinski definition) is 4. The highest BCUT2D eigenvalue weighted by atomic mass is 16.4. The van der Waals surface area contributed by atoms with Crippen LogP contribution in [0.2, 0.25) is 0 Å². The van der Waals surface area contributed by atoms with Gasteiger partial charge in [-0.15, -0.1) is 0 Å². The first-order valence-corrected chi connectivity index (χ1v) is 5.15. The molecule has 0 aliphatic heterocycles. The van der Waals surface area contributed by atoms with Gasteiger partial charge in [0.2, 0.25) is 0 Å². The van der Waals surface area contributed by atoms with E-state index in [-0.39, 0.29) is 0 Å². The first kappa shape index (κ1) is 10.8. The van der Waals surface area contributed by atoms with E-state index < -0.39 is 11.9 Å². The zero-order valence-electron chi connectivity index (χ0n) is 9.01. The highest BCUT2D eigenvalue weighted by Crippen LogP contribution is 2.16. The maximum Gasteiger partial charge on any atom is 0.419 e. The Bertz CT molecular complexity index is 554. The first-order chi connectivity index (χ1) is 7.58. The lowest BCUT2D eigenvalue weighted by atomic mass is 10.2. The Labute approximate surface area is 92.1 Å². The quantitative estimate of drug-likeness (QED) is 0.757. The summed E-state index contributed by atoms with van der Waals surface area (Å²) in [5, 5.41) is 9.20. The van der Waals surface area contributed by atoms with E-state index in [9.17, 15) is 9.90 Å². The van der Waals surface area contributed by atoms with Gasteiger partial charge >= 0.3 is 5.76 Å². The average molecular weight is 222 g/mol. The van der Waals surface area contributed by atoms with Crippen LogP contribution in [-0.4, -0.2) is 15.8 Å². The molecule has 0 radical (unpaired) electrons. The second-order valence-electron chi connectivity index (χ2n) is 3.88. The number of aryl methyl sites for hydroxylation is 1. The van der Waals surface area contributed by atoms with Crippen molar-refractivity contribution in [3.8, 4) is 0 Å². The van der Waals surface area contributed by atoms with Crippen LogP contribution in [0.3, 0.4) is 0 Å². The first-order valence-electron chi connectivity index (χ1n) is 5.15. The summed E-state index contributed by atoms with van der Waals surface area (Å²) in [6.07, 6.45) is 0.0569. The van der Waals surface area contributed by atoms with Crippen LogP contribution in [0.4, 0.5) is 5.69 Å². The molecule has 1 aromatic heterocycles. The lowest BCUT2D eigenvalue weighted by Crippen LogP contribution is -2.17. The summed E-state index contributed by atoms with van der Waals surface area (Å²) in [5.74, 6) is -0.416. The number of aromatic nitrogens is 1. The molecule has 0 bridgehead atoms. The van der Waals surface area contributed by atoms with Crippen molar-refractivity contribution in [3.63, 3.8) is 0 Å². The monoisotopic (exact) mass is 222 g/mol. The number of aliphatic hydroxyl groups excluding tert-OH is 1. The Kier molecular flexibility index (Phi) is 2.70. The summed E-state index contributed by atoms with van der Waals surface area (Å²) in [6.45, 7) is 2.11. The molecule has 0 aliphatic carbocycles. The topological polar surface area (TPSA) is 81.4 Å². The SMILES string of the molecule is CC(O)CCn1c(=O)oc2ccc(N)cc21. The number of hydrogen-bond donors (Lipinski definition) is 2. The van der Waals surface area contributed by atoms with Crippen LogP contribution in [0.5, 0.6) is 0 Å². The number of nitrogens with zero attached hydrogens (tertiary/aromatic N) is 1. The van der Waals surface area contributed by atoms with Gasteiger partial charge in [0.1, 0.15) is 0 Å². The van der Waals surface area contributed by atoms with Gasteiger partial charge in [0, 0.05) is 12.2 Å². The van der Waals surface area contributed by atoms with Crippen LogP contribution in [0.1, 0.15) is 13.3 Å². The van der Waals surface area contributed by atoms with Crippen molar-refractivity contribution in [2.24, 2.45) is 0 Å². The fraction of sp³-hybridized carbons (Fsp3) is 0.364. The normalized spacial score (nSPS) is 13.1. The summed E-state index contributed by atoms with van der Waals surface area (Å²) >= 11 is 0. The number of aliphatic hydroxyl groups is 1. The van der Waals surface area contributed by atoms with Gasteiger partial charge in [-0.05, 0) is 31.5 Å². The predicted molar refractivity (Wildman–Crippen MR) is 61.2 cm³/mol. The Morgan fingerprint density at radius 3 is 3.00 bits per heavy atom. The zero-order chi connectivity index (χ0) is 11.7. The van der Waals surface area contributed by atoms with Gasteiger partial charge in [-0.3, -0.25) is 4.57 Å². The smallest absolute Gasteiger partial charge is 0.408 e. The number of oxazole rings is 1. The molecule has 0 aliphatic rings. The molecule has 1 unspecified atom stereocenters. The molecule has 0 saturated heterocycles. The van der Waals surface area contributed by atoms with E-state index in [4.69, 9.17) is 10.2 Å². The van der Waals surface area contributed by atoms with E-state index in [0.29, 0.717) is 29.8 Å². The largest absolute Gasteiger partial charge is 0.419 e. The lowest BCUT2D eigenvalue weighted by molar-refractivity contribution is 0.177. The van der Waals surface area contributed by atoms with E-state index in [1.165, 1.54) is 4.57 Å². The van der Waals surface area contributed by atoms with Crippen molar-refractivity contribution in [2.75, 3.05) is 5.73 Å². The highest BCUT2D eigenvalue weighted by molar-refractivity contribution is 5.76. The van der Waals surface area contributed by atoms with Gasteiger partial charge < -0.3 is 15.3 Å². The average Bonchev–Trinajstić information content (AvgIpc) is 2.51. The molecule has 5 nitrogen and oxygen atoms in total. The Morgan fingerprint density at radius 1 is 1.56 bits per heavy atom. The van der Waals surface area contributed by atoms with Gasteiger partial charge in [-0.2, -0.15) is 0 Å². The van der Waals surface area contributed by atoms with E-state index in [2.05, 4.69) is 0 Å². The number of benzene rings is 1. The predicted octanol–water partition coefficient (Wildman–Crippen LogP) is 0.948. The molecule has 3 N–H and O–H groups in total. The van der Waals surface area contributed by atoms with E-state index in [1.807, 2.05) is 0 Å². The maximum absolute atomic E-state index is 11.5. The summed E-state index contributed by atoms with van der Waals surface area (Å²) in [4.78, 5) is 11.5. The molecule has 1 atom stereocenters. The minimum Gasteiger partial charge on any atom is -0.408 e. The molecule has 16 heavy (non-hydrogen) atoms. The number of nitrogens with two attached hydrogens (primary N) is 1. The molecule has 86 valence electrons. The summed E-state index contributed by atoms with van der Waals surface area (Å²) in [5.41, 5.74) is 7.42. The molecule has 1 heterocycles. The van der Waals surface area contributed by atoms with Crippen LogP contribution in [0.15, 0.2) is 27.4 Å². The van der Waals surface area contributed by atoms with Crippen molar-refractivity contribution < 1.29 is 9.52 Å². The third kappa shape index (κ3) is 1.94. The van der Waals surface area contributed by atoms with Gasteiger partial charge in [0.15, 0.2) is 5.58 Å².